The number of primary amides is 1. The first-order chi connectivity index (χ1) is 41.7. The number of nitrogens with zero attached hydrogens (tertiary/aromatic N) is 3. The van der Waals surface area contributed by atoms with E-state index >= 15 is 0 Å². The maximum Gasteiger partial charge on any atom is 0.396 e. The number of halogens is 1. The number of likely N-dealkylation sites (tertiary alicyclic amines) is 1. The Bertz CT molecular complexity index is 3710. The zero-order valence-corrected chi connectivity index (χ0v) is 51.9. The number of fused-ring (bicyclic) bond motifs is 1. The van der Waals surface area contributed by atoms with Gasteiger partial charge in [0.05, 0.1) is 45.0 Å². The van der Waals surface area contributed by atoms with E-state index in [4.69, 9.17) is 22.1 Å². The molecule has 22 nitrogen and oxygen atoms in total. The molecule has 0 unspecified atom stereocenters. The van der Waals surface area contributed by atoms with Crippen molar-refractivity contribution in [3.05, 3.63) is 135 Å². The van der Waals surface area contributed by atoms with Gasteiger partial charge in [-0.1, -0.05) is 87.3 Å². The summed E-state index contributed by atoms with van der Waals surface area (Å²) in [5.41, 5.74) is 11.3. The molecule has 0 spiro atoms. The number of aliphatic hydroxyl groups is 1. The molecule has 6 aromatic rings. The fourth-order valence-electron chi connectivity index (χ4n) is 11.6. The number of β-amino-alcohol motifs (C(OH)–C–C–N with tert-alkyl or cyclic N) is 1. The fraction of sp³-hybridized carbons (Fsp3) is 0.413. The van der Waals surface area contributed by atoms with Gasteiger partial charge in [-0.3, -0.25) is 47.8 Å². The van der Waals surface area contributed by atoms with Crippen molar-refractivity contribution in [3.63, 3.8) is 0 Å². The van der Waals surface area contributed by atoms with Gasteiger partial charge in [0.1, 0.15) is 42.2 Å². The number of amides is 7. The molecule has 0 bridgehead atoms. The number of H-pyrrole nitrogens is 1. The van der Waals surface area contributed by atoms with Crippen LogP contribution in [0, 0.1) is 12.3 Å². The van der Waals surface area contributed by atoms with Gasteiger partial charge in [0.25, 0.3) is 11.4 Å². The molecule has 7 atom stereocenters. The molecule has 4 aromatic carbocycles. The van der Waals surface area contributed by atoms with Crippen molar-refractivity contribution in [2.75, 3.05) is 18.1 Å². The average Bonchev–Trinajstić information content (AvgIpc) is 1.78. The maximum atomic E-state index is 14.6. The van der Waals surface area contributed by atoms with Crippen LogP contribution in [0.5, 0.6) is 5.75 Å². The third kappa shape index (κ3) is 15.2. The van der Waals surface area contributed by atoms with Crippen molar-refractivity contribution >= 4 is 94.0 Å². The van der Waals surface area contributed by atoms with Crippen LogP contribution in [0.15, 0.2) is 90.4 Å². The molecule has 9 rings (SSSR count). The van der Waals surface area contributed by atoms with Crippen molar-refractivity contribution in [3.8, 4) is 16.2 Å². The van der Waals surface area contributed by atoms with Crippen LogP contribution in [0.1, 0.15) is 134 Å². The number of aliphatic hydroxyl groups excluding tert-OH is 1. The Balaban J connectivity index is 0.769. The zero-order chi connectivity index (χ0) is 63.4. The Labute approximate surface area is 517 Å². The number of aryl methyl sites for hydroxylation is 3. The number of thiazole rings is 1. The molecule has 0 aliphatic carbocycles. The summed E-state index contributed by atoms with van der Waals surface area (Å²) < 4.78 is 17.9. The second-order valence-electron chi connectivity index (χ2n) is 24.0. The molecular weight excluding hydrogens is 1190 g/mol. The molecule has 1 saturated heterocycles. The summed E-state index contributed by atoms with van der Waals surface area (Å²) >= 11 is 8.20. The smallest absolute Gasteiger partial charge is 0.396 e. The van der Waals surface area contributed by atoms with Crippen molar-refractivity contribution in [2.24, 2.45) is 11.1 Å². The van der Waals surface area contributed by atoms with Crippen LogP contribution in [0.3, 0.4) is 0 Å². The monoisotopic (exact) mass is 1260 g/mol. The lowest BCUT2D eigenvalue weighted by Crippen LogP contribution is -2.57. The van der Waals surface area contributed by atoms with Crippen molar-refractivity contribution in [1.29, 1.82) is 0 Å². The third-order valence-electron chi connectivity index (χ3n) is 16.3. The quantitative estimate of drug-likeness (QED) is 0.0221. The van der Waals surface area contributed by atoms with E-state index in [0.717, 1.165) is 38.4 Å². The number of aromatic amines is 1. The number of unbranched alkanes of at least 4 members (excludes halogenated alkanes) is 2. The van der Waals surface area contributed by atoms with Crippen molar-refractivity contribution < 1.29 is 62.6 Å². The van der Waals surface area contributed by atoms with Crippen molar-refractivity contribution in [2.45, 2.75) is 148 Å². The van der Waals surface area contributed by atoms with Gasteiger partial charge in [0, 0.05) is 48.7 Å². The number of aromatic nitrogens is 2. The molecule has 7 amide bonds. The minimum Gasteiger partial charge on any atom is -0.490 e. The predicted molar refractivity (Wildman–Crippen MR) is 332 cm³/mol. The van der Waals surface area contributed by atoms with E-state index in [9.17, 15) is 57.8 Å². The second-order valence-corrected chi connectivity index (χ2v) is 26.7. The number of hydrogen-bond donors (Lipinski definition) is 9. The molecule has 3 aliphatic rings. The SMILES string of the molecule is Cc1ncsc1-c1ccc([C@H](C)NC(=O)[C@@H]2C[C@@H](O)CN2C(=O)[C@@H](NC(=O)CCCCCc2ccc(Cl)c(OC[C@H](CCC(N)=O)NC(=O)[C@@H]3Cc4cccc5c4N3C(=O)[C@@H](NC(=O)c3cc4cc(C(=O)P(=O)(O)O)ccc4[nH]3)CC5)c2)C(C)(C)C)cc1. The molecule has 25 heteroatoms. The Hall–Kier alpha value is -7.79. The number of nitrogens with one attached hydrogen (secondary N) is 5. The molecule has 0 saturated carbocycles. The lowest BCUT2D eigenvalue weighted by Gasteiger charge is -2.35. The average molecular weight is 1260 g/mol. The fourth-order valence-corrected chi connectivity index (χ4v) is 13.1. The molecule has 1 fully saturated rings. The minimum absolute atomic E-state index is 0.0250. The summed E-state index contributed by atoms with van der Waals surface area (Å²) in [6.07, 6.45) is 2.50. The molecule has 10 N–H and O–H groups in total. The summed E-state index contributed by atoms with van der Waals surface area (Å²) in [4.78, 5) is 139. The van der Waals surface area contributed by atoms with Gasteiger partial charge in [-0.2, -0.15) is 0 Å². The van der Waals surface area contributed by atoms with Crippen LogP contribution in [0.25, 0.3) is 21.3 Å². The van der Waals surface area contributed by atoms with Crippen LogP contribution >= 0.6 is 30.5 Å². The van der Waals surface area contributed by atoms with Crippen LogP contribution in [-0.4, -0.2) is 126 Å². The van der Waals surface area contributed by atoms with Crippen LogP contribution < -0.4 is 36.6 Å². The Morgan fingerprint density at radius 3 is 2.35 bits per heavy atom. The van der Waals surface area contributed by atoms with E-state index in [-0.39, 0.29) is 74.9 Å². The molecule has 88 heavy (non-hydrogen) atoms. The van der Waals surface area contributed by atoms with Gasteiger partial charge in [-0.15, -0.1) is 11.3 Å². The first kappa shape index (κ1) is 64.7. The standard InChI is InChI=1S/C63H73ClN9O13PS/c1-34(37-15-17-39(18-16-37)55-35(2)66-33-88-55)67-58(78)49-30-44(74)31-72(49)61(81)56(63(3,4)5)71-53(76)13-8-6-7-10-36-14-22-45(64)51(26-36)86-32-43(21-25-52(65)75)68-59(79)50-29-40-12-9-11-38-19-24-47(60(80)73(50)54(38)40)70-57(77)48-28-42-27-41(20-23-46(42)69-48)62(82)87(83,84)85/h9,11-12,14-18,20,22-23,26-28,33-34,43-44,47,49-50,56,69,74H,6-8,10,13,19,21,24-25,29-32H2,1-5H3,(H2,65,75)(H,67,78)(H,68,79)(H,70,77)(H,71,76)(H2,83,84,85)/t34-,43-,44+,47-,49-,50-,56+/m0/s1. The topological polar surface area (TPSA) is 333 Å². The van der Waals surface area contributed by atoms with E-state index in [1.54, 1.807) is 29.0 Å². The van der Waals surface area contributed by atoms with Gasteiger partial charge in [0.2, 0.25) is 35.4 Å². The van der Waals surface area contributed by atoms with Gasteiger partial charge >= 0.3 is 7.60 Å². The van der Waals surface area contributed by atoms with E-state index < -0.39 is 90.3 Å². The van der Waals surface area contributed by atoms with Crippen LogP contribution in [-0.2, 0) is 52.6 Å². The molecule has 3 aliphatic heterocycles. The van der Waals surface area contributed by atoms with Gasteiger partial charge in [0.15, 0.2) is 0 Å². The van der Waals surface area contributed by atoms with E-state index in [0.29, 0.717) is 59.5 Å². The summed E-state index contributed by atoms with van der Waals surface area (Å²) in [6, 6.07) is 18.9. The number of ether oxygens (including phenoxy) is 1. The van der Waals surface area contributed by atoms with E-state index in [1.165, 1.54) is 34.1 Å². The number of nitrogens with two attached hydrogens (primary N) is 1. The summed E-state index contributed by atoms with van der Waals surface area (Å²) in [5.74, 6) is -3.16. The predicted octanol–water partition coefficient (Wildman–Crippen LogP) is 6.88. The summed E-state index contributed by atoms with van der Waals surface area (Å²) in [6.45, 7) is 9.16. The number of benzene rings is 4. The molecule has 0 radical (unpaired) electrons. The highest BCUT2D eigenvalue weighted by Crippen LogP contribution is 2.41. The number of carbonyl (C=O) groups excluding carboxylic acids is 8. The largest absolute Gasteiger partial charge is 0.490 e. The van der Waals surface area contributed by atoms with Crippen molar-refractivity contribution in [1.82, 2.24) is 36.1 Å². The lowest BCUT2D eigenvalue weighted by atomic mass is 9.85. The first-order valence-electron chi connectivity index (χ1n) is 29.3. The number of carbonyl (C=O) groups is 8. The van der Waals surface area contributed by atoms with Gasteiger partial charge in [-0.25, -0.2) is 4.98 Å². The molecule has 2 aromatic heterocycles. The number of anilines is 1. The Kier molecular flexibility index (Phi) is 20.1. The maximum absolute atomic E-state index is 14.6. The number of para-hydroxylation sites is 1. The van der Waals surface area contributed by atoms with Gasteiger partial charge < -0.3 is 56.5 Å². The second kappa shape index (κ2) is 27.3. The van der Waals surface area contributed by atoms with E-state index in [2.05, 4.69) is 31.2 Å². The van der Waals surface area contributed by atoms with Gasteiger partial charge in [-0.05, 0) is 122 Å². The van der Waals surface area contributed by atoms with Crippen LogP contribution in [0.4, 0.5) is 5.69 Å². The highest BCUT2D eigenvalue weighted by Gasteiger charge is 2.46. The molecule has 466 valence electrons. The summed E-state index contributed by atoms with van der Waals surface area (Å²) in [7, 11) is -5.06. The highest BCUT2D eigenvalue weighted by molar-refractivity contribution is 7.70. The Morgan fingerprint density at radius 2 is 1.65 bits per heavy atom. The number of hydrogen-bond acceptors (Lipinski definition) is 13. The minimum atomic E-state index is -5.06. The summed E-state index contributed by atoms with van der Waals surface area (Å²) in [5, 5.41) is 23.1. The molecule has 5 heterocycles. The Morgan fingerprint density at radius 1 is 0.909 bits per heavy atom. The van der Waals surface area contributed by atoms with E-state index in [1.807, 2.05) is 83.1 Å². The lowest BCUT2D eigenvalue weighted by molar-refractivity contribution is -0.144. The van der Waals surface area contributed by atoms with Crippen LogP contribution in [0.2, 0.25) is 5.02 Å². The third-order valence-corrected chi connectivity index (χ3v) is 18.4. The zero-order valence-electron chi connectivity index (χ0n) is 49.5. The first-order valence-corrected chi connectivity index (χ1v) is 32.2. The normalized spacial score (nSPS) is 18.4. The highest BCUT2D eigenvalue weighted by atomic mass is 35.5. The molecular formula is C63H73ClN9O13PS. The number of rotatable bonds is 24.